The SMILES string of the molecule is CCCCC/C=C\C/C=C\CCCCCCCC(=O)NC(CO)C(O)/C=C/CC/C=C/CCCCCCCCCCC. The highest BCUT2D eigenvalue weighted by molar-refractivity contribution is 5.76. The van der Waals surface area contributed by atoms with Crippen molar-refractivity contribution in [3.8, 4) is 0 Å². The molecule has 0 saturated heterocycles. The van der Waals surface area contributed by atoms with E-state index in [0.29, 0.717) is 6.42 Å². The molecule has 3 N–H and O–H groups in total. The molecule has 4 heteroatoms. The average molecular weight is 588 g/mol. The highest BCUT2D eigenvalue weighted by Gasteiger charge is 2.17. The smallest absolute Gasteiger partial charge is 0.220 e. The van der Waals surface area contributed by atoms with E-state index in [0.717, 1.165) is 51.4 Å². The molecule has 0 fully saturated rings. The molecule has 0 aromatic rings. The molecule has 2 unspecified atom stereocenters. The fraction of sp³-hybridized carbons (Fsp3) is 0.763. The van der Waals surface area contributed by atoms with Crippen molar-refractivity contribution in [2.75, 3.05) is 6.61 Å². The van der Waals surface area contributed by atoms with Crippen LogP contribution in [0, 0.1) is 0 Å². The van der Waals surface area contributed by atoms with Gasteiger partial charge in [-0.3, -0.25) is 4.79 Å². The van der Waals surface area contributed by atoms with Crippen molar-refractivity contribution in [2.24, 2.45) is 0 Å². The topological polar surface area (TPSA) is 69.6 Å². The van der Waals surface area contributed by atoms with Crippen LogP contribution in [0.3, 0.4) is 0 Å². The maximum Gasteiger partial charge on any atom is 0.220 e. The first-order valence-corrected chi connectivity index (χ1v) is 17.9. The summed E-state index contributed by atoms with van der Waals surface area (Å²) in [5.74, 6) is -0.0911. The lowest BCUT2D eigenvalue weighted by molar-refractivity contribution is -0.123. The molecule has 0 radical (unpaired) electrons. The Morgan fingerprint density at radius 1 is 0.571 bits per heavy atom. The fourth-order valence-corrected chi connectivity index (χ4v) is 4.99. The lowest BCUT2D eigenvalue weighted by Crippen LogP contribution is -2.45. The number of aliphatic hydroxyl groups is 2. The van der Waals surface area contributed by atoms with Crippen molar-refractivity contribution >= 4 is 5.91 Å². The Morgan fingerprint density at radius 3 is 1.57 bits per heavy atom. The molecule has 0 aromatic carbocycles. The number of aliphatic hydroxyl groups excluding tert-OH is 2. The van der Waals surface area contributed by atoms with E-state index in [2.05, 4.69) is 55.6 Å². The quantitative estimate of drug-likeness (QED) is 0.0558. The number of allylic oxidation sites excluding steroid dienone is 7. The van der Waals surface area contributed by atoms with E-state index >= 15 is 0 Å². The Morgan fingerprint density at radius 2 is 1.00 bits per heavy atom. The van der Waals surface area contributed by atoms with Gasteiger partial charge in [0.1, 0.15) is 0 Å². The first-order valence-electron chi connectivity index (χ1n) is 17.9. The Balaban J connectivity index is 3.73. The van der Waals surface area contributed by atoms with Crippen molar-refractivity contribution in [1.82, 2.24) is 5.32 Å². The van der Waals surface area contributed by atoms with Crippen LogP contribution < -0.4 is 5.32 Å². The molecule has 42 heavy (non-hydrogen) atoms. The maximum absolute atomic E-state index is 12.3. The lowest BCUT2D eigenvalue weighted by Gasteiger charge is -2.19. The third kappa shape index (κ3) is 29.8. The van der Waals surface area contributed by atoms with Gasteiger partial charge in [-0.25, -0.2) is 0 Å². The average Bonchev–Trinajstić information content (AvgIpc) is 2.99. The van der Waals surface area contributed by atoms with Crippen LogP contribution >= 0.6 is 0 Å². The molecular formula is C38H69NO3. The molecule has 0 bridgehead atoms. The van der Waals surface area contributed by atoms with Gasteiger partial charge in [0.05, 0.1) is 18.8 Å². The molecule has 0 rings (SSSR count). The van der Waals surface area contributed by atoms with Gasteiger partial charge in [0.15, 0.2) is 0 Å². The predicted molar refractivity (Wildman–Crippen MR) is 184 cm³/mol. The van der Waals surface area contributed by atoms with Gasteiger partial charge in [-0.2, -0.15) is 0 Å². The van der Waals surface area contributed by atoms with Crippen molar-refractivity contribution in [2.45, 2.75) is 180 Å². The van der Waals surface area contributed by atoms with Crippen LogP contribution in [-0.4, -0.2) is 34.9 Å². The summed E-state index contributed by atoms with van der Waals surface area (Å²) in [4.78, 5) is 12.3. The molecule has 0 aliphatic heterocycles. The van der Waals surface area contributed by atoms with Gasteiger partial charge in [-0.15, -0.1) is 0 Å². The van der Waals surface area contributed by atoms with Crippen molar-refractivity contribution < 1.29 is 15.0 Å². The summed E-state index contributed by atoms with van der Waals surface area (Å²) in [6.07, 6.45) is 44.7. The summed E-state index contributed by atoms with van der Waals surface area (Å²) in [7, 11) is 0. The van der Waals surface area contributed by atoms with Crippen LogP contribution in [0.2, 0.25) is 0 Å². The van der Waals surface area contributed by atoms with Gasteiger partial charge in [0.25, 0.3) is 0 Å². The van der Waals surface area contributed by atoms with Gasteiger partial charge < -0.3 is 15.5 Å². The molecule has 0 aliphatic rings. The molecule has 1 amide bonds. The van der Waals surface area contributed by atoms with E-state index in [1.54, 1.807) is 6.08 Å². The molecule has 4 nitrogen and oxygen atoms in total. The lowest BCUT2D eigenvalue weighted by atomic mass is 10.1. The monoisotopic (exact) mass is 588 g/mol. The number of nitrogens with one attached hydrogen (secondary N) is 1. The summed E-state index contributed by atoms with van der Waals surface area (Å²) in [6, 6.07) is -0.645. The minimum absolute atomic E-state index is 0.0911. The van der Waals surface area contributed by atoms with Gasteiger partial charge in [-0.1, -0.05) is 146 Å². The highest BCUT2D eigenvalue weighted by Crippen LogP contribution is 2.11. The summed E-state index contributed by atoms with van der Waals surface area (Å²) in [5, 5.41) is 22.8. The first kappa shape index (κ1) is 40.4. The Labute approximate surface area is 261 Å². The number of carbonyl (C=O) groups is 1. The van der Waals surface area contributed by atoms with Gasteiger partial charge in [0, 0.05) is 6.42 Å². The minimum Gasteiger partial charge on any atom is -0.394 e. The van der Waals surface area contributed by atoms with Crippen LogP contribution in [-0.2, 0) is 4.79 Å². The Kier molecular flexibility index (Phi) is 32.5. The van der Waals surface area contributed by atoms with Crippen molar-refractivity contribution in [3.05, 3.63) is 48.6 Å². The van der Waals surface area contributed by atoms with E-state index in [-0.39, 0.29) is 12.5 Å². The highest BCUT2D eigenvalue weighted by atomic mass is 16.3. The minimum atomic E-state index is -0.866. The Bertz CT molecular complexity index is 682. The number of hydrogen-bond donors (Lipinski definition) is 3. The van der Waals surface area contributed by atoms with Gasteiger partial charge in [0.2, 0.25) is 5.91 Å². The second-order valence-corrected chi connectivity index (χ2v) is 11.9. The summed E-state index contributed by atoms with van der Waals surface area (Å²) in [6.45, 7) is 4.24. The largest absolute Gasteiger partial charge is 0.394 e. The normalized spacial score (nSPS) is 13.7. The predicted octanol–water partition coefficient (Wildman–Crippen LogP) is 10.5. The van der Waals surface area contributed by atoms with Crippen LogP contribution in [0.15, 0.2) is 48.6 Å². The first-order chi connectivity index (χ1) is 20.7. The van der Waals surface area contributed by atoms with Crippen LogP contribution in [0.4, 0.5) is 0 Å². The zero-order chi connectivity index (χ0) is 30.8. The summed E-state index contributed by atoms with van der Waals surface area (Å²) >= 11 is 0. The van der Waals surface area contributed by atoms with E-state index in [9.17, 15) is 15.0 Å². The molecule has 244 valence electrons. The second kappa shape index (κ2) is 33.8. The third-order valence-electron chi connectivity index (χ3n) is 7.78. The van der Waals surface area contributed by atoms with E-state index in [1.807, 2.05) is 6.08 Å². The van der Waals surface area contributed by atoms with Crippen LogP contribution in [0.1, 0.15) is 168 Å². The van der Waals surface area contributed by atoms with Crippen LogP contribution in [0.25, 0.3) is 0 Å². The van der Waals surface area contributed by atoms with Crippen molar-refractivity contribution in [3.63, 3.8) is 0 Å². The van der Waals surface area contributed by atoms with E-state index in [4.69, 9.17) is 0 Å². The van der Waals surface area contributed by atoms with Gasteiger partial charge in [-0.05, 0) is 64.2 Å². The second-order valence-electron chi connectivity index (χ2n) is 11.9. The van der Waals surface area contributed by atoms with E-state index in [1.165, 1.54) is 96.3 Å². The number of carbonyl (C=O) groups excluding carboxylic acids is 1. The molecule has 0 heterocycles. The fourth-order valence-electron chi connectivity index (χ4n) is 4.99. The number of hydrogen-bond acceptors (Lipinski definition) is 3. The number of amides is 1. The Hall–Kier alpha value is -1.65. The summed E-state index contributed by atoms with van der Waals surface area (Å²) in [5.41, 5.74) is 0. The molecule has 2 atom stereocenters. The molecular weight excluding hydrogens is 518 g/mol. The van der Waals surface area contributed by atoms with Gasteiger partial charge >= 0.3 is 0 Å². The molecule has 0 aromatic heterocycles. The molecule has 0 saturated carbocycles. The third-order valence-corrected chi connectivity index (χ3v) is 7.78. The van der Waals surface area contributed by atoms with Crippen LogP contribution in [0.5, 0.6) is 0 Å². The zero-order valence-corrected chi connectivity index (χ0v) is 27.8. The zero-order valence-electron chi connectivity index (χ0n) is 27.8. The summed E-state index contributed by atoms with van der Waals surface area (Å²) < 4.78 is 0. The maximum atomic E-state index is 12.3. The number of unbranched alkanes of at least 4 members (excludes halogenated alkanes) is 18. The molecule has 0 spiro atoms. The standard InChI is InChI=1S/C38H69NO3/c1-3-5-7-9-11-13-15-17-19-21-23-25-27-29-31-33-37(41)36(35-40)39-38(42)34-32-30-28-26-24-22-20-18-16-14-12-10-8-6-4-2/h12,14,18,20,23,25,31,33,36-37,40-41H,3-11,13,15-17,19,21-22,24,26-30,32,34-35H2,1-2H3,(H,39,42)/b14-12-,20-18-,25-23+,33-31+. The van der Waals surface area contributed by atoms with E-state index < -0.39 is 12.1 Å². The molecule has 0 aliphatic carbocycles. The van der Waals surface area contributed by atoms with Crippen molar-refractivity contribution in [1.29, 1.82) is 0 Å². The number of rotatable bonds is 31.